The van der Waals surface area contributed by atoms with E-state index in [4.69, 9.17) is 10.2 Å². The number of carboxylic acid groups (broad SMARTS) is 2. The van der Waals surface area contributed by atoms with Gasteiger partial charge in [0.25, 0.3) is 0 Å². The number of carbonyl (C=O) groups is 2. The molecule has 16 heavy (non-hydrogen) atoms. The van der Waals surface area contributed by atoms with Crippen LogP contribution in [0.4, 0.5) is 4.39 Å². The van der Waals surface area contributed by atoms with Gasteiger partial charge in [0, 0.05) is 0 Å². The quantitative estimate of drug-likeness (QED) is 0.762. The molecule has 0 aliphatic rings. The first-order valence-electron chi connectivity index (χ1n) is 4.62. The lowest BCUT2D eigenvalue weighted by Crippen LogP contribution is -2.25. The first-order chi connectivity index (χ1) is 7.41. The van der Waals surface area contributed by atoms with Crippen molar-refractivity contribution in [3.8, 4) is 0 Å². The Kier molecular flexibility index (Phi) is 3.60. The standard InChI is InChI=1S/C11H11FO4/c1-6-4-7(2-3-9(6)12)5-8(10(13)14)11(15)16/h2-4,8H,5H2,1H3,(H,13,14)(H,15,16). The zero-order chi connectivity index (χ0) is 12.3. The van der Waals surface area contributed by atoms with Crippen LogP contribution in [0.2, 0.25) is 0 Å². The monoisotopic (exact) mass is 226 g/mol. The molecule has 0 atom stereocenters. The van der Waals surface area contributed by atoms with Gasteiger partial charge in [0.15, 0.2) is 5.92 Å². The van der Waals surface area contributed by atoms with E-state index in [1.165, 1.54) is 25.1 Å². The van der Waals surface area contributed by atoms with Gasteiger partial charge in [0.2, 0.25) is 0 Å². The van der Waals surface area contributed by atoms with Crippen molar-refractivity contribution in [3.05, 3.63) is 35.1 Å². The fourth-order valence-corrected chi connectivity index (χ4v) is 1.35. The second-order valence-corrected chi connectivity index (χ2v) is 3.52. The van der Waals surface area contributed by atoms with Gasteiger partial charge in [0.1, 0.15) is 5.82 Å². The van der Waals surface area contributed by atoms with E-state index in [1.807, 2.05) is 0 Å². The number of rotatable bonds is 4. The Bertz CT molecular complexity index is 414. The molecule has 0 saturated carbocycles. The number of aryl methyl sites for hydroxylation is 1. The molecule has 0 heterocycles. The van der Waals surface area contributed by atoms with Crippen LogP contribution in [0.3, 0.4) is 0 Å². The summed E-state index contributed by atoms with van der Waals surface area (Å²) in [5.41, 5.74) is 0.862. The molecule has 0 unspecified atom stereocenters. The normalized spacial score (nSPS) is 10.4. The Balaban J connectivity index is 2.90. The van der Waals surface area contributed by atoms with Crippen molar-refractivity contribution in [3.63, 3.8) is 0 Å². The minimum Gasteiger partial charge on any atom is -0.481 e. The predicted octanol–water partition coefficient (Wildman–Crippen LogP) is 1.46. The molecule has 0 fully saturated rings. The second kappa shape index (κ2) is 4.74. The maximum Gasteiger partial charge on any atom is 0.318 e. The molecule has 0 aliphatic carbocycles. The number of aliphatic carboxylic acids is 2. The van der Waals surface area contributed by atoms with E-state index in [9.17, 15) is 14.0 Å². The molecular weight excluding hydrogens is 215 g/mol. The zero-order valence-electron chi connectivity index (χ0n) is 8.61. The van der Waals surface area contributed by atoms with Crippen LogP contribution in [0.25, 0.3) is 0 Å². The van der Waals surface area contributed by atoms with E-state index in [1.54, 1.807) is 0 Å². The van der Waals surface area contributed by atoms with E-state index < -0.39 is 23.7 Å². The van der Waals surface area contributed by atoms with E-state index in [0.717, 1.165) is 0 Å². The SMILES string of the molecule is Cc1cc(CC(C(=O)O)C(=O)O)ccc1F. The van der Waals surface area contributed by atoms with Gasteiger partial charge in [-0.05, 0) is 30.5 Å². The molecule has 5 heteroatoms. The maximum absolute atomic E-state index is 12.9. The summed E-state index contributed by atoms with van der Waals surface area (Å²) in [4.78, 5) is 21.3. The highest BCUT2D eigenvalue weighted by Crippen LogP contribution is 2.14. The molecule has 2 N–H and O–H groups in total. The molecule has 0 amide bonds. The number of benzene rings is 1. The van der Waals surface area contributed by atoms with Gasteiger partial charge in [-0.2, -0.15) is 0 Å². The largest absolute Gasteiger partial charge is 0.481 e. The van der Waals surface area contributed by atoms with Crippen LogP contribution in [-0.4, -0.2) is 22.2 Å². The van der Waals surface area contributed by atoms with Crippen molar-refractivity contribution in [2.75, 3.05) is 0 Å². The highest BCUT2D eigenvalue weighted by Gasteiger charge is 2.25. The van der Waals surface area contributed by atoms with Crippen LogP contribution in [0.5, 0.6) is 0 Å². The third-order valence-electron chi connectivity index (χ3n) is 2.26. The Morgan fingerprint density at radius 3 is 2.31 bits per heavy atom. The van der Waals surface area contributed by atoms with Crippen LogP contribution in [0.15, 0.2) is 18.2 Å². The number of hydrogen-bond donors (Lipinski definition) is 2. The first-order valence-corrected chi connectivity index (χ1v) is 4.62. The lowest BCUT2D eigenvalue weighted by atomic mass is 9.98. The molecule has 0 bridgehead atoms. The Hall–Kier alpha value is -1.91. The summed E-state index contributed by atoms with van der Waals surface area (Å²) in [6, 6.07) is 4.04. The minimum atomic E-state index is -1.50. The zero-order valence-corrected chi connectivity index (χ0v) is 8.61. The molecule has 1 aromatic rings. The van der Waals surface area contributed by atoms with E-state index in [0.29, 0.717) is 11.1 Å². The van der Waals surface area contributed by atoms with Crippen molar-refractivity contribution >= 4 is 11.9 Å². The third-order valence-corrected chi connectivity index (χ3v) is 2.26. The molecule has 0 radical (unpaired) electrons. The Morgan fingerprint density at radius 2 is 1.88 bits per heavy atom. The minimum absolute atomic E-state index is 0.147. The van der Waals surface area contributed by atoms with Crippen LogP contribution < -0.4 is 0 Å². The van der Waals surface area contributed by atoms with E-state index in [-0.39, 0.29) is 6.42 Å². The molecule has 0 aromatic heterocycles. The maximum atomic E-state index is 12.9. The summed E-state index contributed by atoms with van der Waals surface area (Å²) in [5.74, 6) is -4.68. The highest BCUT2D eigenvalue weighted by molar-refractivity contribution is 5.93. The van der Waals surface area contributed by atoms with Crippen molar-refractivity contribution in [1.29, 1.82) is 0 Å². The molecule has 1 aromatic carbocycles. The average Bonchev–Trinajstić information content (AvgIpc) is 2.18. The predicted molar refractivity (Wildman–Crippen MR) is 53.6 cm³/mol. The van der Waals surface area contributed by atoms with Crippen molar-refractivity contribution < 1.29 is 24.2 Å². The lowest BCUT2D eigenvalue weighted by Gasteiger charge is -2.08. The van der Waals surface area contributed by atoms with Gasteiger partial charge >= 0.3 is 11.9 Å². The van der Waals surface area contributed by atoms with Gasteiger partial charge in [-0.15, -0.1) is 0 Å². The summed E-state index contributed by atoms with van der Waals surface area (Å²) in [5, 5.41) is 17.3. The average molecular weight is 226 g/mol. The first kappa shape index (κ1) is 12.2. The highest BCUT2D eigenvalue weighted by atomic mass is 19.1. The fraction of sp³-hybridized carbons (Fsp3) is 0.273. The topological polar surface area (TPSA) is 74.6 Å². The Labute approximate surface area is 91.3 Å². The molecular formula is C11H11FO4. The molecule has 0 aliphatic heterocycles. The van der Waals surface area contributed by atoms with Crippen molar-refractivity contribution in [2.45, 2.75) is 13.3 Å². The van der Waals surface area contributed by atoms with Crippen molar-refractivity contribution in [2.24, 2.45) is 5.92 Å². The van der Waals surface area contributed by atoms with E-state index in [2.05, 4.69) is 0 Å². The number of hydrogen-bond acceptors (Lipinski definition) is 2. The second-order valence-electron chi connectivity index (χ2n) is 3.52. The lowest BCUT2D eigenvalue weighted by molar-refractivity contribution is -0.154. The molecule has 4 nitrogen and oxygen atoms in total. The molecule has 0 saturated heterocycles. The van der Waals surface area contributed by atoms with Crippen LogP contribution in [0.1, 0.15) is 11.1 Å². The van der Waals surface area contributed by atoms with E-state index >= 15 is 0 Å². The van der Waals surface area contributed by atoms with Gasteiger partial charge in [-0.3, -0.25) is 9.59 Å². The van der Waals surface area contributed by atoms with Crippen molar-refractivity contribution in [1.82, 2.24) is 0 Å². The van der Waals surface area contributed by atoms with Gasteiger partial charge in [-0.25, -0.2) is 4.39 Å². The van der Waals surface area contributed by atoms with Crippen LogP contribution >= 0.6 is 0 Å². The Morgan fingerprint density at radius 1 is 1.31 bits per heavy atom. The summed E-state index contributed by atoms with van der Waals surface area (Å²) >= 11 is 0. The summed E-state index contributed by atoms with van der Waals surface area (Å²) in [6.45, 7) is 1.54. The molecule has 86 valence electrons. The van der Waals surface area contributed by atoms with Crippen LogP contribution in [-0.2, 0) is 16.0 Å². The summed E-state index contributed by atoms with van der Waals surface area (Å²) in [6.07, 6.45) is -0.147. The van der Waals surface area contributed by atoms with Gasteiger partial charge in [0.05, 0.1) is 0 Å². The van der Waals surface area contributed by atoms with Gasteiger partial charge in [-0.1, -0.05) is 12.1 Å². The van der Waals surface area contributed by atoms with Crippen LogP contribution in [0, 0.1) is 18.7 Å². The smallest absolute Gasteiger partial charge is 0.318 e. The molecule has 0 spiro atoms. The van der Waals surface area contributed by atoms with Gasteiger partial charge < -0.3 is 10.2 Å². The number of carboxylic acids is 2. The third kappa shape index (κ3) is 2.79. The number of halogens is 1. The fourth-order valence-electron chi connectivity index (χ4n) is 1.35. The summed E-state index contributed by atoms with van der Waals surface area (Å²) in [7, 11) is 0. The summed E-state index contributed by atoms with van der Waals surface area (Å²) < 4.78 is 12.9. The molecule has 1 rings (SSSR count).